The standard InChI is InChI=1S/C8H5Cl3O3.Ca.2H/c9-4-1-2-5(8(11)7(4)10)14-3-6(12)13;;;/h1-2H,3H2,(H,12,13);;;/q;+2;2*-1. The Bertz CT molecular complexity index is 379. The van der Waals surface area contributed by atoms with Gasteiger partial charge in [-0.1, -0.05) is 34.8 Å². The summed E-state index contributed by atoms with van der Waals surface area (Å²) >= 11 is 17.1. The number of carbonyl (C=O) groups is 1. The van der Waals surface area contributed by atoms with Crippen molar-refractivity contribution >= 4 is 78.5 Å². The molecule has 0 saturated heterocycles. The van der Waals surface area contributed by atoms with Gasteiger partial charge in [0, 0.05) is 0 Å². The van der Waals surface area contributed by atoms with Crippen LogP contribution < -0.4 is 4.74 Å². The van der Waals surface area contributed by atoms with Gasteiger partial charge in [0.25, 0.3) is 0 Å². The molecule has 1 aromatic carbocycles. The Morgan fingerprint density at radius 2 is 1.93 bits per heavy atom. The molecular formula is C8H7CaCl3O3. The molecule has 80 valence electrons. The summed E-state index contributed by atoms with van der Waals surface area (Å²) in [5.74, 6) is -0.893. The second-order valence-electron chi connectivity index (χ2n) is 2.36. The van der Waals surface area contributed by atoms with E-state index in [1.807, 2.05) is 0 Å². The number of hydrogen-bond donors (Lipinski definition) is 1. The maximum atomic E-state index is 10.2. The quantitative estimate of drug-likeness (QED) is 0.689. The third-order valence-corrected chi connectivity index (χ3v) is 2.63. The van der Waals surface area contributed by atoms with Crippen molar-refractivity contribution in [1.82, 2.24) is 0 Å². The van der Waals surface area contributed by atoms with Crippen molar-refractivity contribution in [3.8, 4) is 5.75 Å². The second kappa shape index (κ2) is 7.05. The Morgan fingerprint density at radius 3 is 2.47 bits per heavy atom. The number of aliphatic carboxylic acids is 1. The molecule has 15 heavy (non-hydrogen) atoms. The van der Waals surface area contributed by atoms with Crippen LogP contribution in [0.15, 0.2) is 12.1 Å². The molecule has 0 aliphatic heterocycles. The molecule has 1 rings (SSSR count). The van der Waals surface area contributed by atoms with Crippen LogP contribution in [0.4, 0.5) is 0 Å². The number of rotatable bonds is 3. The molecule has 1 aromatic rings. The first-order chi connectivity index (χ1) is 6.52. The topological polar surface area (TPSA) is 46.5 Å². The van der Waals surface area contributed by atoms with Gasteiger partial charge in [0.15, 0.2) is 6.61 Å². The molecule has 0 atom stereocenters. The van der Waals surface area contributed by atoms with Crippen LogP contribution in [-0.2, 0) is 4.79 Å². The first-order valence-corrected chi connectivity index (χ1v) is 4.64. The summed E-state index contributed by atoms with van der Waals surface area (Å²) in [5, 5.41) is 8.91. The average molecular weight is 298 g/mol. The van der Waals surface area contributed by atoms with Gasteiger partial charge < -0.3 is 12.7 Å². The summed E-state index contributed by atoms with van der Waals surface area (Å²) in [6.07, 6.45) is 0. The zero-order chi connectivity index (χ0) is 10.7. The molecule has 3 nitrogen and oxygen atoms in total. The Morgan fingerprint density at radius 1 is 1.33 bits per heavy atom. The fourth-order valence-electron chi connectivity index (χ4n) is 0.759. The van der Waals surface area contributed by atoms with Crippen LogP contribution in [0.3, 0.4) is 0 Å². The third kappa shape index (κ3) is 4.55. The Hall–Kier alpha value is 0.620. The van der Waals surface area contributed by atoms with E-state index in [-0.39, 0.29) is 56.4 Å². The van der Waals surface area contributed by atoms with Crippen LogP contribution in [0.5, 0.6) is 5.75 Å². The molecule has 0 radical (unpaired) electrons. The largest absolute Gasteiger partial charge is 2.00 e. The average Bonchev–Trinajstić information content (AvgIpc) is 2.13. The second-order valence-corrected chi connectivity index (χ2v) is 3.52. The van der Waals surface area contributed by atoms with Crippen LogP contribution in [-0.4, -0.2) is 55.4 Å². The Labute approximate surface area is 134 Å². The summed E-state index contributed by atoms with van der Waals surface area (Å²) in [5.41, 5.74) is 0. The number of benzene rings is 1. The van der Waals surface area contributed by atoms with Gasteiger partial charge in [-0.25, -0.2) is 4.79 Å². The van der Waals surface area contributed by atoms with E-state index in [2.05, 4.69) is 0 Å². The minimum absolute atomic E-state index is 0. The van der Waals surface area contributed by atoms with Crippen molar-refractivity contribution in [2.24, 2.45) is 0 Å². The summed E-state index contributed by atoms with van der Waals surface area (Å²) in [7, 11) is 0. The smallest absolute Gasteiger partial charge is 1.00 e. The van der Waals surface area contributed by atoms with Crippen molar-refractivity contribution in [3.63, 3.8) is 0 Å². The van der Waals surface area contributed by atoms with Crippen LogP contribution in [0.1, 0.15) is 2.85 Å². The van der Waals surface area contributed by atoms with Crippen molar-refractivity contribution in [1.29, 1.82) is 0 Å². The van der Waals surface area contributed by atoms with Gasteiger partial charge in [-0.3, -0.25) is 0 Å². The summed E-state index contributed by atoms with van der Waals surface area (Å²) < 4.78 is 4.86. The molecule has 0 amide bonds. The molecule has 0 aliphatic carbocycles. The van der Waals surface area contributed by atoms with E-state index >= 15 is 0 Å². The molecular weight excluding hydrogens is 291 g/mol. The molecule has 1 N–H and O–H groups in total. The van der Waals surface area contributed by atoms with Gasteiger partial charge in [-0.15, -0.1) is 0 Å². The summed E-state index contributed by atoms with van der Waals surface area (Å²) in [6.45, 7) is -0.475. The molecule has 0 unspecified atom stereocenters. The number of carboxylic acids is 1. The molecule has 0 fully saturated rings. The predicted molar refractivity (Wildman–Crippen MR) is 62.6 cm³/mol. The van der Waals surface area contributed by atoms with Gasteiger partial charge in [-0.05, 0) is 12.1 Å². The number of hydrogen-bond acceptors (Lipinski definition) is 2. The van der Waals surface area contributed by atoms with Gasteiger partial charge in [0.05, 0.1) is 10.0 Å². The fraction of sp³-hybridized carbons (Fsp3) is 0.125. The predicted octanol–water partition coefficient (Wildman–Crippen LogP) is 2.95. The summed E-state index contributed by atoms with van der Waals surface area (Å²) in [4.78, 5) is 10.2. The molecule has 0 aliphatic rings. The first-order valence-electron chi connectivity index (χ1n) is 3.50. The Kier molecular flexibility index (Phi) is 7.34. The number of halogens is 3. The fourth-order valence-corrected chi connectivity index (χ4v) is 1.34. The van der Waals surface area contributed by atoms with Crippen LogP contribution >= 0.6 is 34.8 Å². The number of carboxylic acid groups (broad SMARTS) is 1. The molecule has 0 saturated carbocycles. The number of ether oxygens (including phenoxy) is 1. The summed E-state index contributed by atoms with van der Waals surface area (Å²) in [6, 6.07) is 2.94. The van der Waals surface area contributed by atoms with Gasteiger partial charge in [-0.2, -0.15) is 0 Å². The van der Waals surface area contributed by atoms with E-state index in [0.29, 0.717) is 5.02 Å². The van der Waals surface area contributed by atoms with Crippen LogP contribution in [0.2, 0.25) is 15.1 Å². The molecule has 0 bridgehead atoms. The van der Waals surface area contributed by atoms with Crippen molar-refractivity contribution in [2.75, 3.05) is 6.61 Å². The van der Waals surface area contributed by atoms with E-state index in [1.165, 1.54) is 12.1 Å². The maximum absolute atomic E-state index is 10.2. The zero-order valence-electron chi connectivity index (χ0n) is 9.47. The van der Waals surface area contributed by atoms with E-state index < -0.39 is 12.6 Å². The van der Waals surface area contributed by atoms with E-state index in [0.717, 1.165) is 0 Å². The van der Waals surface area contributed by atoms with E-state index in [1.54, 1.807) is 0 Å². The maximum Gasteiger partial charge on any atom is 2.00 e. The SMILES string of the molecule is O=C(O)COc1ccc(Cl)c(Cl)c1Cl.[Ca+2].[H-].[H-]. The van der Waals surface area contributed by atoms with Crippen molar-refractivity contribution < 1.29 is 17.5 Å². The minimum atomic E-state index is -1.09. The van der Waals surface area contributed by atoms with Gasteiger partial charge >= 0.3 is 43.7 Å². The minimum Gasteiger partial charge on any atom is -1.00 e. The third-order valence-electron chi connectivity index (χ3n) is 1.35. The van der Waals surface area contributed by atoms with Crippen molar-refractivity contribution in [3.05, 3.63) is 27.2 Å². The van der Waals surface area contributed by atoms with Crippen LogP contribution in [0.25, 0.3) is 0 Å². The van der Waals surface area contributed by atoms with Gasteiger partial charge in [0.2, 0.25) is 0 Å². The first kappa shape index (κ1) is 15.6. The molecule has 0 heterocycles. The monoisotopic (exact) mass is 296 g/mol. The normalized spacial score (nSPS) is 9.27. The molecule has 7 heteroatoms. The Balaban J connectivity index is -0.000000653. The molecule has 0 aromatic heterocycles. The van der Waals surface area contributed by atoms with Crippen LogP contribution in [0, 0.1) is 0 Å². The van der Waals surface area contributed by atoms with Gasteiger partial charge in [0.1, 0.15) is 10.8 Å². The molecule has 0 spiro atoms. The zero-order valence-corrected chi connectivity index (χ0v) is 11.9. The van der Waals surface area contributed by atoms with E-state index in [9.17, 15) is 4.79 Å². The van der Waals surface area contributed by atoms with Crippen molar-refractivity contribution in [2.45, 2.75) is 0 Å². The van der Waals surface area contributed by atoms with E-state index in [4.69, 9.17) is 44.6 Å².